The molecular formula is C9H9BO3. The molecule has 3 atom stereocenters. The summed E-state index contributed by atoms with van der Waals surface area (Å²) in [5.41, 5.74) is 0. The fourth-order valence-corrected chi connectivity index (χ4v) is 2.87. The Morgan fingerprint density at radius 2 is 2.23 bits per heavy atom. The topological polar surface area (TPSA) is 43.4 Å². The van der Waals surface area contributed by atoms with Gasteiger partial charge in [0.2, 0.25) is 0 Å². The van der Waals surface area contributed by atoms with Crippen LogP contribution in [-0.2, 0) is 14.3 Å². The summed E-state index contributed by atoms with van der Waals surface area (Å²) in [4.78, 5) is 22.7. The largest absolute Gasteiger partial charge is 0.393 e. The highest BCUT2D eigenvalue weighted by molar-refractivity contribution is 6.70. The highest BCUT2D eigenvalue weighted by atomic mass is 16.6. The fourth-order valence-electron chi connectivity index (χ4n) is 2.87. The van der Waals surface area contributed by atoms with Gasteiger partial charge in [0.1, 0.15) is 0 Å². The summed E-state index contributed by atoms with van der Waals surface area (Å²) < 4.78 is 4.67. The summed E-state index contributed by atoms with van der Waals surface area (Å²) in [6.45, 7) is 0.258. The zero-order valence-electron chi connectivity index (χ0n) is 7.10. The van der Waals surface area contributed by atoms with Gasteiger partial charge in [-0.05, 0) is 5.92 Å². The number of rotatable bonds is 0. The molecule has 4 aliphatic rings. The van der Waals surface area contributed by atoms with Gasteiger partial charge in [0.05, 0.1) is 11.7 Å². The predicted octanol–water partition coefficient (Wildman–Crippen LogP) is 0.680. The van der Waals surface area contributed by atoms with Gasteiger partial charge in [0, 0.05) is 0 Å². The van der Waals surface area contributed by atoms with Crippen LogP contribution in [0, 0.1) is 11.8 Å². The minimum atomic E-state index is -0.297. The number of carbonyl (C=O) groups excluding carboxylic acids is 2. The van der Waals surface area contributed by atoms with Crippen molar-refractivity contribution in [3.63, 3.8) is 0 Å². The first-order valence-corrected chi connectivity index (χ1v) is 4.71. The minimum absolute atomic E-state index is 0.156. The molecule has 3 unspecified atom stereocenters. The average Bonchev–Trinajstić information content (AvgIpc) is 2.47. The van der Waals surface area contributed by atoms with Gasteiger partial charge in [-0.15, -0.1) is 5.98 Å². The van der Waals surface area contributed by atoms with Crippen molar-refractivity contribution in [3.8, 4) is 0 Å². The van der Waals surface area contributed by atoms with E-state index in [1.807, 2.05) is 0 Å². The molecule has 0 amide bonds. The van der Waals surface area contributed by atoms with E-state index in [0.717, 1.165) is 12.7 Å². The summed E-state index contributed by atoms with van der Waals surface area (Å²) in [6.07, 6.45) is 4.14. The number of hydrogen-bond acceptors (Lipinski definition) is 3. The summed E-state index contributed by atoms with van der Waals surface area (Å²) >= 11 is 0. The van der Waals surface area contributed by atoms with Crippen molar-refractivity contribution in [3.05, 3.63) is 12.1 Å². The molecule has 13 heavy (non-hydrogen) atoms. The zero-order valence-corrected chi connectivity index (χ0v) is 7.10. The molecule has 0 spiro atoms. The van der Waals surface area contributed by atoms with Crippen LogP contribution in [0.2, 0.25) is 12.1 Å². The van der Waals surface area contributed by atoms with Crippen molar-refractivity contribution >= 4 is 18.7 Å². The van der Waals surface area contributed by atoms with Crippen molar-refractivity contribution in [2.24, 2.45) is 11.8 Å². The number of allylic oxidation sites excluding steroid dienone is 1. The van der Waals surface area contributed by atoms with Gasteiger partial charge >= 0.3 is 11.9 Å². The Bertz CT molecular complexity index is 293. The third kappa shape index (κ3) is 0.807. The van der Waals surface area contributed by atoms with E-state index < -0.39 is 0 Å². The van der Waals surface area contributed by atoms with Crippen LogP contribution in [0.15, 0.2) is 12.1 Å². The van der Waals surface area contributed by atoms with Gasteiger partial charge in [-0.2, -0.15) is 0 Å². The molecule has 2 saturated heterocycles. The Labute approximate surface area is 76.2 Å². The molecule has 0 aromatic rings. The summed E-state index contributed by atoms with van der Waals surface area (Å²) in [7, 11) is 0. The van der Waals surface area contributed by atoms with E-state index in [2.05, 4.69) is 16.8 Å². The molecule has 0 radical (unpaired) electrons. The van der Waals surface area contributed by atoms with E-state index in [-0.39, 0.29) is 36.3 Å². The van der Waals surface area contributed by atoms with E-state index >= 15 is 0 Å². The van der Waals surface area contributed by atoms with Gasteiger partial charge in [0.25, 0.3) is 0 Å². The Morgan fingerprint density at radius 1 is 1.38 bits per heavy atom. The zero-order chi connectivity index (χ0) is 9.00. The van der Waals surface area contributed by atoms with Gasteiger partial charge in [0.15, 0.2) is 6.71 Å². The first kappa shape index (κ1) is 7.36. The van der Waals surface area contributed by atoms with Gasteiger partial charge in [-0.25, -0.2) is 0 Å². The molecule has 2 fully saturated rings. The van der Waals surface area contributed by atoms with Crippen LogP contribution in [0.3, 0.4) is 0 Å². The maximum Gasteiger partial charge on any atom is 0.317 e. The van der Waals surface area contributed by atoms with E-state index in [1.165, 1.54) is 0 Å². The van der Waals surface area contributed by atoms with Gasteiger partial charge in [-0.3, -0.25) is 9.59 Å². The first-order valence-electron chi connectivity index (χ1n) is 4.71. The van der Waals surface area contributed by atoms with E-state index in [9.17, 15) is 9.59 Å². The van der Waals surface area contributed by atoms with Gasteiger partial charge < -0.3 is 4.74 Å². The Morgan fingerprint density at radius 3 is 2.85 bits per heavy atom. The van der Waals surface area contributed by atoms with Crippen LogP contribution >= 0.6 is 0 Å². The van der Waals surface area contributed by atoms with Crippen LogP contribution in [0.1, 0.15) is 6.42 Å². The first-order chi connectivity index (χ1) is 6.27. The van der Waals surface area contributed by atoms with Crippen molar-refractivity contribution in [1.82, 2.24) is 0 Å². The summed E-state index contributed by atoms with van der Waals surface area (Å²) in [6, 6.07) is 0. The van der Waals surface area contributed by atoms with E-state index in [0.29, 0.717) is 0 Å². The molecule has 4 heteroatoms. The van der Waals surface area contributed by atoms with Crippen LogP contribution < -0.4 is 0 Å². The minimum Gasteiger partial charge on any atom is -0.393 e. The van der Waals surface area contributed by atoms with Crippen molar-refractivity contribution in [2.75, 3.05) is 0 Å². The molecular weight excluding hydrogens is 167 g/mol. The standard InChI is InChI=1S/C9H9BO3/c11-8-6-5-1-3-10(4-2-5)7(6)9(12)13-8/h1,3,5-7H,2,4H2. The second-order valence-electron chi connectivity index (χ2n) is 4.08. The maximum absolute atomic E-state index is 11.3. The maximum atomic E-state index is 11.3. The smallest absolute Gasteiger partial charge is 0.317 e. The molecule has 0 aliphatic carbocycles. The number of esters is 2. The van der Waals surface area contributed by atoms with Crippen molar-refractivity contribution in [1.29, 1.82) is 0 Å². The monoisotopic (exact) mass is 176 g/mol. The second-order valence-corrected chi connectivity index (χ2v) is 4.08. The third-order valence-corrected chi connectivity index (χ3v) is 3.49. The van der Waals surface area contributed by atoms with E-state index in [4.69, 9.17) is 0 Å². The quantitative estimate of drug-likeness (QED) is 0.309. The lowest BCUT2D eigenvalue weighted by Crippen LogP contribution is -2.40. The molecule has 0 N–H and O–H groups in total. The molecule has 0 aromatic heterocycles. The molecule has 4 aliphatic heterocycles. The van der Waals surface area contributed by atoms with Crippen LogP contribution in [0.5, 0.6) is 0 Å². The lowest BCUT2D eigenvalue weighted by Gasteiger charge is -2.35. The van der Waals surface area contributed by atoms with Crippen LogP contribution in [0.25, 0.3) is 0 Å². The molecule has 0 aromatic carbocycles. The average molecular weight is 176 g/mol. The van der Waals surface area contributed by atoms with E-state index in [1.54, 1.807) is 0 Å². The summed E-state index contributed by atoms with van der Waals surface area (Å²) in [5.74, 6) is 1.43. The highest BCUT2D eigenvalue weighted by Crippen LogP contribution is 2.48. The van der Waals surface area contributed by atoms with Crippen molar-refractivity contribution in [2.45, 2.75) is 18.6 Å². The second kappa shape index (κ2) is 2.25. The molecule has 2 bridgehead atoms. The number of fused-ring (bicyclic) bond motifs is 1. The Kier molecular flexibility index (Phi) is 1.27. The lowest BCUT2D eigenvalue weighted by molar-refractivity contribution is -0.153. The highest BCUT2D eigenvalue weighted by Gasteiger charge is 2.55. The lowest BCUT2D eigenvalue weighted by atomic mass is 9.30. The number of carbonyl (C=O) groups is 2. The molecule has 3 nitrogen and oxygen atoms in total. The normalized spacial score (nSPS) is 40.9. The fraction of sp³-hybridized carbons (Fsp3) is 0.556. The van der Waals surface area contributed by atoms with Gasteiger partial charge in [-0.1, -0.05) is 18.8 Å². The van der Waals surface area contributed by atoms with Crippen LogP contribution in [0.4, 0.5) is 0 Å². The number of hydrogen-bond donors (Lipinski definition) is 0. The number of ether oxygens (including phenoxy) is 1. The Balaban J connectivity index is 2.07. The molecule has 4 heterocycles. The summed E-state index contributed by atoms with van der Waals surface area (Å²) in [5, 5.41) is 0. The molecule has 66 valence electrons. The molecule has 0 saturated carbocycles. The van der Waals surface area contributed by atoms with Crippen LogP contribution in [-0.4, -0.2) is 18.7 Å². The predicted molar refractivity (Wildman–Crippen MR) is 46.1 cm³/mol. The molecule has 4 rings (SSSR count). The third-order valence-electron chi connectivity index (χ3n) is 3.49. The van der Waals surface area contributed by atoms with Crippen molar-refractivity contribution < 1.29 is 14.3 Å². The SMILES string of the molecule is O=C1OC(=O)C2C3C=CB(CC3)C12. The Hall–Kier alpha value is -1.06. The number of cyclic esters (lactones) is 2.